The Kier molecular flexibility index (Phi) is 7.21. The van der Waals surface area contributed by atoms with E-state index in [-0.39, 0.29) is 5.97 Å². The number of hydrogen-bond donors (Lipinski definition) is 1. The molecule has 17 heavy (non-hydrogen) atoms. The predicted molar refractivity (Wildman–Crippen MR) is 69.0 cm³/mol. The summed E-state index contributed by atoms with van der Waals surface area (Å²) in [7, 11) is 1.45. The summed E-state index contributed by atoms with van der Waals surface area (Å²) < 4.78 is 4.65. The molecule has 1 saturated heterocycles. The van der Waals surface area contributed by atoms with Gasteiger partial charge in [-0.25, -0.2) is 0 Å². The van der Waals surface area contributed by atoms with Gasteiger partial charge in [-0.3, -0.25) is 4.79 Å². The smallest absolute Gasteiger partial charge is 0.305 e. The van der Waals surface area contributed by atoms with E-state index in [1.54, 1.807) is 0 Å². The van der Waals surface area contributed by atoms with Crippen molar-refractivity contribution in [2.24, 2.45) is 5.92 Å². The van der Waals surface area contributed by atoms with Gasteiger partial charge in [0.1, 0.15) is 0 Å². The lowest BCUT2D eigenvalue weighted by Crippen LogP contribution is -2.36. The van der Waals surface area contributed by atoms with Gasteiger partial charge in [-0.05, 0) is 51.4 Å². The Morgan fingerprint density at radius 1 is 1.41 bits per heavy atom. The average molecular weight is 242 g/mol. The third-order valence-electron chi connectivity index (χ3n) is 3.51. The summed E-state index contributed by atoms with van der Waals surface area (Å²) in [6.07, 6.45) is 4.02. The van der Waals surface area contributed by atoms with Gasteiger partial charge >= 0.3 is 5.97 Å². The molecule has 1 N–H and O–H groups in total. The number of rotatable bonds is 7. The molecule has 100 valence electrons. The van der Waals surface area contributed by atoms with Gasteiger partial charge in [-0.1, -0.05) is 6.92 Å². The zero-order valence-corrected chi connectivity index (χ0v) is 11.2. The number of hydrogen-bond acceptors (Lipinski definition) is 4. The van der Waals surface area contributed by atoms with Crippen LogP contribution in [0.5, 0.6) is 0 Å². The van der Waals surface area contributed by atoms with Crippen molar-refractivity contribution in [3.63, 3.8) is 0 Å². The molecule has 0 aromatic rings. The van der Waals surface area contributed by atoms with Crippen LogP contribution >= 0.6 is 0 Å². The second kappa shape index (κ2) is 8.48. The topological polar surface area (TPSA) is 41.6 Å². The number of ether oxygens (including phenoxy) is 1. The van der Waals surface area contributed by atoms with Gasteiger partial charge in [0.25, 0.3) is 0 Å². The fraction of sp³-hybridized carbons (Fsp3) is 0.923. The van der Waals surface area contributed by atoms with Crippen LogP contribution in [0.2, 0.25) is 0 Å². The maximum absolute atomic E-state index is 11.0. The van der Waals surface area contributed by atoms with Crippen molar-refractivity contribution in [3.05, 3.63) is 0 Å². The number of nitrogens with one attached hydrogen (secondary N) is 1. The van der Waals surface area contributed by atoms with Gasteiger partial charge in [0, 0.05) is 13.0 Å². The van der Waals surface area contributed by atoms with Crippen molar-refractivity contribution in [2.45, 2.75) is 32.6 Å². The van der Waals surface area contributed by atoms with Gasteiger partial charge in [0.05, 0.1) is 7.11 Å². The van der Waals surface area contributed by atoms with Crippen LogP contribution in [-0.2, 0) is 9.53 Å². The summed E-state index contributed by atoms with van der Waals surface area (Å²) in [6, 6.07) is 0. The minimum absolute atomic E-state index is 0.0945. The van der Waals surface area contributed by atoms with Gasteiger partial charge < -0.3 is 15.0 Å². The summed E-state index contributed by atoms with van der Waals surface area (Å²) in [6.45, 7) is 7.77. The molecule has 0 bridgehead atoms. The third kappa shape index (κ3) is 6.03. The van der Waals surface area contributed by atoms with Crippen molar-refractivity contribution in [2.75, 3.05) is 39.8 Å². The van der Waals surface area contributed by atoms with E-state index in [9.17, 15) is 4.79 Å². The van der Waals surface area contributed by atoms with E-state index >= 15 is 0 Å². The molecule has 0 aliphatic carbocycles. The first-order valence-corrected chi connectivity index (χ1v) is 6.76. The molecule has 0 amide bonds. The Morgan fingerprint density at radius 2 is 2.12 bits per heavy atom. The van der Waals surface area contributed by atoms with E-state index < -0.39 is 0 Å². The predicted octanol–water partition coefficient (Wildman–Crippen LogP) is 1.26. The number of methoxy groups -OCH3 is 1. The molecule has 0 atom stereocenters. The molecule has 1 aliphatic rings. The summed E-state index contributed by atoms with van der Waals surface area (Å²) in [5.74, 6) is 0.734. The van der Waals surface area contributed by atoms with Crippen LogP contribution in [0, 0.1) is 5.92 Å². The fourth-order valence-electron chi connectivity index (χ4n) is 2.36. The molecule has 0 spiro atoms. The maximum atomic E-state index is 11.0. The largest absolute Gasteiger partial charge is 0.469 e. The van der Waals surface area contributed by atoms with Crippen molar-refractivity contribution in [1.29, 1.82) is 0 Å². The van der Waals surface area contributed by atoms with E-state index in [1.807, 2.05) is 0 Å². The van der Waals surface area contributed by atoms with Crippen molar-refractivity contribution in [3.8, 4) is 0 Å². The molecule has 1 heterocycles. The quantitative estimate of drug-likeness (QED) is 0.683. The monoisotopic (exact) mass is 242 g/mol. The summed E-state index contributed by atoms with van der Waals surface area (Å²) in [5, 5.41) is 3.39. The highest BCUT2D eigenvalue weighted by Gasteiger charge is 2.16. The lowest BCUT2D eigenvalue weighted by molar-refractivity contribution is -0.140. The van der Waals surface area contributed by atoms with Gasteiger partial charge in [-0.2, -0.15) is 0 Å². The van der Waals surface area contributed by atoms with Gasteiger partial charge in [0.15, 0.2) is 0 Å². The normalized spacial score (nSPS) is 17.4. The Bertz CT molecular complexity index is 215. The summed E-state index contributed by atoms with van der Waals surface area (Å²) >= 11 is 0. The molecule has 0 radical (unpaired) electrons. The standard InChI is InChI=1S/C13H26N2O2/c1-3-15(10-4-5-13(16)17-2)11-12-6-8-14-9-7-12/h12,14H,3-11H2,1-2H3. The summed E-state index contributed by atoms with van der Waals surface area (Å²) in [4.78, 5) is 13.5. The van der Waals surface area contributed by atoms with Crippen LogP contribution in [0.3, 0.4) is 0 Å². The van der Waals surface area contributed by atoms with Crippen LogP contribution in [0.25, 0.3) is 0 Å². The number of esters is 1. The highest BCUT2D eigenvalue weighted by Crippen LogP contribution is 2.13. The van der Waals surface area contributed by atoms with E-state index in [2.05, 4.69) is 21.9 Å². The van der Waals surface area contributed by atoms with Gasteiger partial charge in [0.2, 0.25) is 0 Å². The van der Waals surface area contributed by atoms with Crippen LogP contribution in [0.15, 0.2) is 0 Å². The molecule has 0 aromatic heterocycles. The second-order valence-electron chi connectivity index (χ2n) is 4.77. The first kappa shape index (κ1) is 14.5. The lowest BCUT2D eigenvalue weighted by atomic mass is 9.97. The van der Waals surface area contributed by atoms with Crippen molar-refractivity contribution >= 4 is 5.97 Å². The minimum atomic E-state index is -0.0945. The highest BCUT2D eigenvalue weighted by molar-refractivity contribution is 5.69. The molecular weight excluding hydrogens is 216 g/mol. The number of carbonyl (C=O) groups is 1. The minimum Gasteiger partial charge on any atom is -0.469 e. The van der Waals surface area contributed by atoms with Gasteiger partial charge in [-0.15, -0.1) is 0 Å². The summed E-state index contributed by atoms with van der Waals surface area (Å²) in [5.41, 5.74) is 0. The molecule has 0 aromatic carbocycles. The molecule has 4 heteroatoms. The van der Waals surface area contributed by atoms with Crippen LogP contribution in [0.1, 0.15) is 32.6 Å². The Morgan fingerprint density at radius 3 is 2.71 bits per heavy atom. The zero-order chi connectivity index (χ0) is 12.5. The average Bonchev–Trinajstić information content (AvgIpc) is 2.38. The first-order chi connectivity index (χ1) is 8.26. The lowest BCUT2D eigenvalue weighted by Gasteiger charge is -2.29. The Balaban J connectivity index is 2.16. The molecule has 4 nitrogen and oxygen atoms in total. The molecule has 1 aliphatic heterocycles. The zero-order valence-electron chi connectivity index (χ0n) is 11.2. The second-order valence-corrected chi connectivity index (χ2v) is 4.77. The van der Waals surface area contributed by atoms with E-state index in [1.165, 1.54) is 26.5 Å². The Labute approximate surface area is 105 Å². The van der Waals surface area contributed by atoms with E-state index in [0.29, 0.717) is 6.42 Å². The first-order valence-electron chi connectivity index (χ1n) is 6.76. The SMILES string of the molecule is CCN(CCCC(=O)OC)CC1CCNCC1. The van der Waals surface area contributed by atoms with Crippen molar-refractivity contribution in [1.82, 2.24) is 10.2 Å². The van der Waals surface area contributed by atoms with Crippen molar-refractivity contribution < 1.29 is 9.53 Å². The van der Waals surface area contributed by atoms with Crippen LogP contribution < -0.4 is 5.32 Å². The fourth-order valence-corrected chi connectivity index (χ4v) is 2.36. The molecule has 1 fully saturated rings. The molecular formula is C13H26N2O2. The highest BCUT2D eigenvalue weighted by atomic mass is 16.5. The van der Waals surface area contributed by atoms with E-state index in [0.717, 1.165) is 38.5 Å². The van der Waals surface area contributed by atoms with Crippen LogP contribution in [-0.4, -0.2) is 50.7 Å². The Hall–Kier alpha value is -0.610. The number of nitrogens with zero attached hydrogens (tertiary/aromatic N) is 1. The maximum Gasteiger partial charge on any atom is 0.305 e. The van der Waals surface area contributed by atoms with E-state index in [4.69, 9.17) is 0 Å². The molecule has 0 saturated carbocycles. The molecule has 1 rings (SSSR count). The molecule has 0 unspecified atom stereocenters. The third-order valence-corrected chi connectivity index (χ3v) is 3.51. The number of carbonyl (C=O) groups excluding carboxylic acids is 1. The van der Waals surface area contributed by atoms with Crippen LogP contribution in [0.4, 0.5) is 0 Å². The number of piperidine rings is 1.